The summed E-state index contributed by atoms with van der Waals surface area (Å²) < 4.78 is 41.8. The van der Waals surface area contributed by atoms with E-state index in [1.165, 1.54) is 6.07 Å². The van der Waals surface area contributed by atoms with Gasteiger partial charge in [-0.15, -0.1) is 0 Å². The number of methoxy groups -OCH3 is 1. The van der Waals surface area contributed by atoms with Gasteiger partial charge in [0.25, 0.3) is 0 Å². The molecule has 0 amide bonds. The number of nitrogens with two attached hydrogens (primary N) is 1. The summed E-state index contributed by atoms with van der Waals surface area (Å²) in [6.45, 7) is 1.70. The van der Waals surface area contributed by atoms with Gasteiger partial charge in [0.05, 0.1) is 19.1 Å². The Morgan fingerprint density at radius 1 is 1.15 bits per heavy atom. The number of hydrogen-bond donors (Lipinski definition) is 4. The number of amidine groups is 1. The third-order valence-electron chi connectivity index (χ3n) is 6.97. The van der Waals surface area contributed by atoms with Gasteiger partial charge in [-0.25, -0.2) is 14.4 Å². The minimum atomic E-state index is -3.13. The molecular weight excluding hydrogens is 457 g/mol. The second kappa shape index (κ2) is 8.07. The van der Waals surface area contributed by atoms with Crippen LogP contribution in [-0.4, -0.2) is 42.5 Å². The van der Waals surface area contributed by atoms with E-state index in [9.17, 15) is 9.11 Å². The molecule has 1 aromatic carbocycles. The summed E-state index contributed by atoms with van der Waals surface area (Å²) in [5.74, 6) is 0.785. The van der Waals surface area contributed by atoms with E-state index in [2.05, 4.69) is 20.3 Å². The molecule has 2 aliphatic rings. The number of halogens is 1. The van der Waals surface area contributed by atoms with Crippen LogP contribution in [0.2, 0.25) is 0 Å². The molecule has 5 N–H and O–H groups in total. The topological polar surface area (TPSA) is 126 Å². The van der Waals surface area contributed by atoms with Crippen LogP contribution in [-0.2, 0) is 5.54 Å². The van der Waals surface area contributed by atoms with Crippen LogP contribution < -0.4 is 15.8 Å². The highest BCUT2D eigenvalue weighted by atomic mass is 32.3. The zero-order valence-corrected chi connectivity index (χ0v) is 19.9. The summed E-state index contributed by atoms with van der Waals surface area (Å²) >= 11 is 0. The molecule has 0 unspecified atom stereocenters. The van der Waals surface area contributed by atoms with Gasteiger partial charge in [-0.05, 0) is 50.1 Å². The Kier molecular flexibility index (Phi) is 5.42. The van der Waals surface area contributed by atoms with Crippen LogP contribution in [0.5, 0.6) is 5.75 Å². The predicted molar refractivity (Wildman–Crippen MR) is 134 cm³/mol. The first-order valence-corrected chi connectivity index (χ1v) is 12.9. The van der Waals surface area contributed by atoms with Crippen LogP contribution in [0.4, 0.5) is 15.9 Å². The van der Waals surface area contributed by atoms with Crippen molar-refractivity contribution >= 4 is 38.8 Å². The van der Waals surface area contributed by atoms with Crippen LogP contribution in [0.25, 0.3) is 10.9 Å². The minimum Gasteiger partial charge on any atom is -0.495 e. The first-order chi connectivity index (χ1) is 16.2. The lowest BCUT2D eigenvalue weighted by atomic mass is 9.92. The average Bonchev–Trinajstić information content (AvgIpc) is 3.31. The van der Waals surface area contributed by atoms with Gasteiger partial charge in [-0.2, -0.15) is 10.6 Å². The Hall–Kier alpha value is -2.95. The number of hydrogen-bond acceptors (Lipinski definition) is 8. The van der Waals surface area contributed by atoms with Crippen LogP contribution in [0.15, 0.2) is 47.7 Å². The summed E-state index contributed by atoms with van der Waals surface area (Å²) in [7, 11) is -1.55. The second-order valence-corrected chi connectivity index (χ2v) is 11.6. The van der Waals surface area contributed by atoms with Crippen molar-refractivity contribution in [1.29, 1.82) is 0 Å². The highest BCUT2D eigenvalue weighted by molar-refractivity contribution is 8.26. The monoisotopic (exact) mass is 485 g/mol. The fourth-order valence-corrected chi connectivity index (χ4v) is 7.76. The van der Waals surface area contributed by atoms with E-state index in [-0.39, 0.29) is 17.2 Å². The molecule has 8 nitrogen and oxygen atoms in total. The van der Waals surface area contributed by atoms with Gasteiger partial charge in [0.1, 0.15) is 33.2 Å². The largest absolute Gasteiger partial charge is 0.495 e. The predicted octanol–water partition coefficient (Wildman–Crippen LogP) is 5.17. The smallest absolute Gasteiger partial charge is 0.156 e. The van der Waals surface area contributed by atoms with E-state index < -0.39 is 26.7 Å². The number of nitrogens with one attached hydrogen (secondary N) is 1. The van der Waals surface area contributed by atoms with Crippen LogP contribution >= 0.6 is 10.6 Å². The van der Waals surface area contributed by atoms with E-state index >= 15 is 4.39 Å². The highest BCUT2D eigenvalue weighted by Gasteiger charge is 2.55. The Morgan fingerprint density at radius 3 is 2.62 bits per heavy atom. The molecule has 5 rings (SSSR count). The number of benzene rings is 1. The number of pyridine rings is 2. The number of rotatable bonds is 4. The van der Waals surface area contributed by atoms with Gasteiger partial charge in [-0.1, -0.05) is 12.8 Å². The Morgan fingerprint density at radius 2 is 1.91 bits per heavy atom. The van der Waals surface area contributed by atoms with E-state index in [0.717, 1.165) is 18.2 Å². The van der Waals surface area contributed by atoms with Crippen LogP contribution in [0, 0.1) is 5.82 Å². The van der Waals surface area contributed by atoms with Crippen molar-refractivity contribution in [3.63, 3.8) is 0 Å². The van der Waals surface area contributed by atoms with Gasteiger partial charge < -0.3 is 15.8 Å². The summed E-state index contributed by atoms with van der Waals surface area (Å²) in [5, 5.41) is 4.05. The van der Waals surface area contributed by atoms with Gasteiger partial charge in [0.15, 0.2) is 5.82 Å². The first kappa shape index (κ1) is 22.8. The Labute approximate surface area is 198 Å². The van der Waals surface area contributed by atoms with Crippen molar-refractivity contribution in [2.75, 3.05) is 18.2 Å². The van der Waals surface area contributed by atoms with E-state index in [1.807, 2.05) is 12.1 Å². The van der Waals surface area contributed by atoms with Crippen molar-refractivity contribution in [2.45, 2.75) is 42.9 Å². The molecule has 0 saturated heterocycles. The normalized spacial score (nSPS) is 24.1. The summed E-state index contributed by atoms with van der Waals surface area (Å²) in [6, 6.07) is 8.24. The summed E-state index contributed by atoms with van der Waals surface area (Å²) in [4.78, 5) is 13.5. The molecule has 180 valence electrons. The number of ether oxygens (including phenoxy) is 1. The lowest BCUT2D eigenvalue weighted by Gasteiger charge is -2.55. The lowest BCUT2D eigenvalue weighted by molar-refractivity contribution is 0.407. The molecule has 34 heavy (non-hydrogen) atoms. The molecule has 1 aliphatic heterocycles. The SMILES string of the molecule is COc1cnc2c(Nc3ccc(F)c([C@]4(C)CS(O)(O)C5(CCCC5)C(N)=N4)c3)nccc2c1. The van der Waals surface area contributed by atoms with Crippen LogP contribution in [0.1, 0.15) is 38.2 Å². The van der Waals surface area contributed by atoms with E-state index in [0.29, 0.717) is 35.6 Å². The summed E-state index contributed by atoms with van der Waals surface area (Å²) in [6.07, 6.45) is 6.18. The third-order valence-corrected chi connectivity index (χ3v) is 9.81. The first-order valence-electron chi connectivity index (χ1n) is 11.1. The molecule has 1 spiro atoms. The third kappa shape index (κ3) is 3.57. The van der Waals surface area contributed by atoms with Crippen molar-refractivity contribution in [2.24, 2.45) is 10.7 Å². The van der Waals surface area contributed by atoms with Crippen molar-refractivity contribution in [3.8, 4) is 5.75 Å². The second-order valence-electron chi connectivity index (χ2n) is 9.21. The summed E-state index contributed by atoms with van der Waals surface area (Å²) in [5.41, 5.74) is 6.58. The molecule has 0 bridgehead atoms. The average molecular weight is 486 g/mol. The molecule has 1 saturated carbocycles. The Balaban J connectivity index is 1.53. The van der Waals surface area contributed by atoms with Crippen molar-refractivity contribution < 1.29 is 18.2 Å². The molecule has 1 fully saturated rings. The molecule has 3 heterocycles. The minimum absolute atomic E-state index is 0.0745. The lowest BCUT2D eigenvalue weighted by Crippen LogP contribution is -2.54. The molecule has 10 heteroatoms. The quantitative estimate of drug-likeness (QED) is 0.402. The molecule has 1 aliphatic carbocycles. The Bertz CT molecular complexity index is 1290. The highest BCUT2D eigenvalue weighted by Crippen LogP contribution is 2.65. The fraction of sp³-hybridized carbons (Fsp3) is 0.375. The van der Waals surface area contributed by atoms with Gasteiger partial charge in [0.2, 0.25) is 0 Å². The number of fused-ring (bicyclic) bond motifs is 1. The van der Waals surface area contributed by atoms with Gasteiger partial charge in [0, 0.05) is 22.8 Å². The molecule has 1 atom stereocenters. The maximum atomic E-state index is 15.1. The fourth-order valence-electron chi connectivity index (χ4n) is 5.16. The van der Waals surface area contributed by atoms with Crippen LogP contribution in [0.3, 0.4) is 0 Å². The van der Waals surface area contributed by atoms with Gasteiger partial charge in [-0.3, -0.25) is 14.1 Å². The number of nitrogens with zero attached hydrogens (tertiary/aromatic N) is 3. The molecule has 2 aromatic heterocycles. The van der Waals surface area contributed by atoms with Crippen molar-refractivity contribution in [3.05, 3.63) is 54.1 Å². The van der Waals surface area contributed by atoms with Crippen molar-refractivity contribution in [1.82, 2.24) is 9.97 Å². The number of aromatic nitrogens is 2. The maximum absolute atomic E-state index is 15.1. The zero-order valence-electron chi connectivity index (χ0n) is 19.1. The zero-order chi connectivity index (χ0) is 24.1. The standard InChI is InChI=1S/C24H28FN5O3S/c1-23(14-34(31,32)24(22(26)30-23)8-3-4-9-24)18-12-16(5-6-19(18)25)29-21-20-15(7-10-27-21)11-17(33-2)13-28-20/h5-7,10-13,31-32H,3-4,8-9,14H2,1-2H3,(H2,26,30)(H,27,29)/t23-/m0/s1. The molecular formula is C24H28FN5O3S. The maximum Gasteiger partial charge on any atom is 0.156 e. The van der Waals surface area contributed by atoms with E-state index in [1.54, 1.807) is 38.6 Å². The molecule has 0 radical (unpaired) electrons. The van der Waals surface area contributed by atoms with E-state index in [4.69, 9.17) is 10.5 Å². The van der Waals surface area contributed by atoms with Gasteiger partial charge >= 0.3 is 0 Å². The molecule has 3 aromatic rings. The number of anilines is 2. The number of aliphatic imine (C=N–C) groups is 1.